The lowest BCUT2D eigenvalue weighted by Gasteiger charge is -2.34. The largest absolute Gasteiger partial charge is 0.497 e. The van der Waals surface area contributed by atoms with Crippen LogP contribution in [0.15, 0.2) is 47.4 Å². The van der Waals surface area contributed by atoms with Crippen LogP contribution in [0.4, 0.5) is 5.13 Å². The molecule has 5 nitrogen and oxygen atoms in total. The van der Waals surface area contributed by atoms with Crippen LogP contribution in [0.2, 0.25) is 0 Å². The second kappa shape index (κ2) is 8.41. The third-order valence-electron chi connectivity index (χ3n) is 4.84. The molecule has 0 bridgehead atoms. The van der Waals surface area contributed by atoms with E-state index in [-0.39, 0.29) is 5.91 Å². The number of amides is 1. The highest BCUT2D eigenvalue weighted by Gasteiger charge is 2.25. The van der Waals surface area contributed by atoms with Crippen LogP contribution >= 0.6 is 23.1 Å². The first-order valence-electron chi connectivity index (χ1n) is 9.40. The Kier molecular flexibility index (Phi) is 5.73. The molecule has 1 aliphatic heterocycles. The molecular formula is C21H23N3O2S2. The number of thioether (sulfide) groups is 1. The number of carbonyl (C=O) groups excluding carboxylic acids is 1. The number of hydrogen-bond acceptors (Lipinski definition) is 6. The third-order valence-corrected chi connectivity index (χ3v) is 6.87. The molecule has 7 heteroatoms. The molecule has 146 valence electrons. The van der Waals surface area contributed by atoms with Gasteiger partial charge in [0.25, 0.3) is 5.91 Å². The van der Waals surface area contributed by atoms with Crippen LogP contribution in [0.1, 0.15) is 17.3 Å². The van der Waals surface area contributed by atoms with E-state index in [2.05, 4.69) is 11.8 Å². The highest BCUT2D eigenvalue weighted by atomic mass is 32.2. The van der Waals surface area contributed by atoms with Gasteiger partial charge in [0.05, 0.1) is 22.9 Å². The van der Waals surface area contributed by atoms with Gasteiger partial charge in [-0.3, -0.25) is 4.79 Å². The van der Waals surface area contributed by atoms with Gasteiger partial charge in [0.2, 0.25) is 0 Å². The van der Waals surface area contributed by atoms with Gasteiger partial charge in [-0.25, -0.2) is 4.98 Å². The van der Waals surface area contributed by atoms with Crippen molar-refractivity contribution < 1.29 is 9.53 Å². The molecule has 1 saturated heterocycles. The Labute approximate surface area is 173 Å². The summed E-state index contributed by atoms with van der Waals surface area (Å²) in [5.74, 6) is 1.94. The van der Waals surface area contributed by atoms with Crippen LogP contribution in [0, 0.1) is 0 Å². The van der Waals surface area contributed by atoms with Gasteiger partial charge in [0, 0.05) is 31.1 Å². The maximum atomic E-state index is 13.0. The van der Waals surface area contributed by atoms with E-state index >= 15 is 0 Å². The molecule has 0 saturated carbocycles. The number of methoxy groups -OCH3 is 1. The molecule has 0 radical (unpaired) electrons. The maximum absolute atomic E-state index is 13.0. The van der Waals surface area contributed by atoms with Crippen molar-refractivity contribution in [3.05, 3.63) is 48.0 Å². The standard InChI is InChI=1S/C21H23N3O2S2/c1-3-27-18-7-5-4-6-16(18)20(25)23-10-12-24(13-11-23)21-22-17-9-8-15(26-2)14-19(17)28-21/h4-9,14H,3,10-13H2,1-2H3. The van der Waals surface area contributed by atoms with Crippen molar-refractivity contribution in [1.29, 1.82) is 0 Å². The Morgan fingerprint density at radius 1 is 1.18 bits per heavy atom. The molecule has 2 heterocycles. The molecule has 2 aromatic carbocycles. The van der Waals surface area contributed by atoms with Crippen LogP contribution in [-0.4, -0.2) is 54.8 Å². The number of benzene rings is 2. The van der Waals surface area contributed by atoms with Gasteiger partial charge in [-0.1, -0.05) is 30.4 Å². The van der Waals surface area contributed by atoms with Gasteiger partial charge in [-0.05, 0) is 36.1 Å². The number of rotatable bonds is 5. The van der Waals surface area contributed by atoms with E-state index in [0.717, 1.165) is 50.4 Å². The van der Waals surface area contributed by atoms with E-state index in [9.17, 15) is 4.79 Å². The Morgan fingerprint density at radius 3 is 2.71 bits per heavy atom. The summed E-state index contributed by atoms with van der Waals surface area (Å²) in [6, 6.07) is 13.9. The van der Waals surface area contributed by atoms with Crippen molar-refractivity contribution in [2.24, 2.45) is 0 Å². The average Bonchev–Trinajstić information content (AvgIpc) is 3.17. The second-order valence-corrected chi connectivity index (χ2v) is 8.85. The van der Waals surface area contributed by atoms with Gasteiger partial charge >= 0.3 is 0 Å². The predicted molar refractivity (Wildman–Crippen MR) is 117 cm³/mol. The minimum atomic E-state index is 0.130. The normalized spacial score (nSPS) is 14.5. The molecule has 4 rings (SSSR count). The van der Waals surface area contributed by atoms with Crippen molar-refractivity contribution in [3.63, 3.8) is 0 Å². The number of hydrogen-bond donors (Lipinski definition) is 0. The minimum absolute atomic E-state index is 0.130. The number of anilines is 1. The average molecular weight is 414 g/mol. The number of nitrogens with zero attached hydrogens (tertiary/aromatic N) is 3. The van der Waals surface area contributed by atoms with Gasteiger partial charge in [0.1, 0.15) is 5.75 Å². The molecular weight excluding hydrogens is 390 g/mol. The van der Waals surface area contributed by atoms with Gasteiger partial charge in [-0.15, -0.1) is 11.8 Å². The smallest absolute Gasteiger partial charge is 0.255 e. The van der Waals surface area contributed by atoms with E-state index in [1.807, 2.05) is 47.4 Å². The molecule has 1 aliphatic rings. The number of ether oxygens (including phenoxy) is 1. The lowest BCUT2D eigenvalue weighted by molar-refractivity contribution is 0.0743. The first-order valence-corrected chi connectivity index (χ1v) is 11.2. The summed E-state index contributed by atoms with van der Waals surface area (Å²) in [4.78, 5) is 23.1. The van der Waals surface area contributed by atoms with E-state index < -0.39 is 0 Å². The molecule has 1 aromatic heterocycles. The number of piperazine rings is 1. The molecule has 28 heavy (non-hydrogen) atoms. The number of thiazole rings is 1. The first-order chi connectivity index (χ1) is 13.7. The lowest BCUT2D eigenvalue weighted by Crippen LogP contribution is -2.48. The van der Waals surface area contributed by atoms with E-state index in [0.29, 0.717) is 13.1 Å². The van der Waals surface area contributed by atoms with Crippen LogP contribution in [0.3, 0.4) is 0 Å². The number of fused-ring (bicyclic) bond motifs is 1. The first kappa shape index (κ1) is 19.1. The summed E-state index contributed by atoms with van der Waals surface area (Å²) in [6.45, 7) is 5.13. The molecule has 0 spiro atoms. The lowest BCUT2D eigenvalue weighted by atomic mass is 10.2. The SMILES string of the molecule is CCSc1ccccc1C(=O)N1CCN(c2nc3ccc(OC)cc3s2)CC1. The quantitative estimate of drug-likeness (QED) is 0.581. The summed E-state index contributed by atoms with van der Waals surface area (Å²) in [5, 5.41) is 1.01. The van der Waals surface area contributed by atoms with Crippen molar-refractivity contribution in [2.75, 3.05) is 43.9 Å². The molecule has 3 aromatic rings. The zero-order chi connectivity index (χ0) is 19.5. The highest BCUT2D eigenvalue weighted by Crippen LogP contribution is 2.32. The molecule has 0 aliphatic carbocycles. The highest BCUT2D eigenvalue weighted by molar-refractivity contribution is 7.99. The number of carbonyl (C=O) groups is 1. The van der Waals surface area contributed by atoms with Crippen molar-refractivity contribution in [1.82, 2.24) is 9.88 Å². The zero-order valence-corrected chi connectivity index (χ0v) is 17.7. The fourth-order valence-electron chi connectivity index (χ4n) is 3.35. The van der Waals surface area contributed by atoms with Gasteiger partial charge in [0.15, 0.2) is 5.13 Å². The summed E-state index contributed by atoms with van der Waals surface area (Å²) >= 11 is 3.40. The van der Waals surface area contributed by atoms with Crippen LogP contribution in [0.25, 0.3) is 10.2 Å². The molecule has 1 fully saturated rings. The number of aromatic nitrogens is 1. The maximum Gasteiger partial charge on any atom is 0.255 e. The molecule has 1 amide bonds. The predicted octanol–water partition coefficient (Wildman–Crippen LogP) is 4.38. The fourth-order valence-corrected chi connectivity index (χ4v) is 5.19. The summed E-state index contributed by atoms with van der Waals surface area (Å²) < 4.78 is 6.43. The Hall–Kier alpha value is -2.25. The summed E-state index contributed by atoms with van der Waals surface area (Å²) in [6.07, 6.45) is 0. The third kappa shape index (κ3) is 3.82. The van der Waals surface area contributed by atoms with Crippen molar-refractivity contribution in [2.45, 2.75) is 11.8 Å². The molecule has 0 unspecified atom stereocenters. The van der Waals surface area contributed by atoms with E-state index in [1.165, 1.54) is 0 Å². The fraction of sp³-hybridized carbons (Fsp3) is 0.333. The van der Waals surface area contributed by atoms with Gasteiger partial charge < -0.3 is 14.5 Å². The van der Waals surface area contributed by atoms with Crippen LogP contribution in [0.5, 0.6) is 5.75 Å². The van der Waals surface area contributed by atoms with Crippen molar-refractivity contribution >= 4 is 44.4 Å². The minimum Gasteiger partial charge on any atom is -0.497 e. The molecule has 0 atom stereocenters. The topological polar surface area (TPSA) is 45.7 Å². The van der Waals surface area contributed by atoms with E-state index in [1.54, 1.807) is 30.2 Å². The second-order valence-electron chi connectivity index (χ2n) is 6.54. The monoisotopic (exact) mass is 413 g/mol. The van der Waals surface area contributed by atoms with Crippen LogP contribution in [-0.2, 0) is 0 Å². The Morgan fingerprint density at radius 2 is 1.96 bits per heavy atom. The van der Waals surface area contributed by atoms with Crippen molar-refractivity contribution in [3.8, 4) is 5.75 Å². The molecule has 0 N–H and O–H groups in total. The Bertz CT molecular complexity index is 981. The van der Waals surface area contributed by atoms with Crippen LogP contribution < -0.4 is 9.64 Å². The summed E-state index contributed by atoms with van der Waals surface area (Å²) in [7, 11) is 1.68. The zero-order valence-electron chi connectivity index (χ0n) is 16.1. The Balaban J connectivity index is 1.45. The van der Waals surface area contributed by atoms with E-state index in [4.69, 9.17) is 9.72 Å². The van der Waals surface area contributed by atoms with Gasteiger partial charge in [-0.2, -0.15) is 0 Å². The summed E-state index contributed by atoms with van der Waals surface area (Å²) in [5.41, 5.74) is 1.81.